The predicted octanol–water partition coefficient (Wildman–Crippen LogP) is 5.55. The normalized spacial score (nSPS) is 16.5. The summed E-state index contributed by atoms with van der Waals surface area (Å²) in [4.78, 5) is 35.5. The summed E-state index contributed by atoms with van der Waals surface area (Å²) in [6, 6.07) is 10.3. The lowest BCUT2D eigenvalue weighted by molar-refractivity contribution is 0.0553. The Morgan fingerprint density at radius 3 is 2.45 bits per heavy atom. The first kappa shape index (κ1) is 26.9. The van der Waals surface area contributed by atoms with Gasteiger partial charge in [-0.3, -0.25) is 5.32 Å². The molecule has 1 aromatic heterocycles. The first-order valence-electron chi connectivity index (χ1n) is 12.4. The number of carbonyl (C=O) groups excluding carboxylic acids is 2. The van der Waals surface area contributed by atoms with Gasteiger partial charge in [-0.1, -0.05) is 23.4 Å². The quantitative estimate of drug-likeness (QED) is 0.327. The molecule has 1 atom stereocenters. The number of alkyl carbamates (subject to hydrolysis) is 1. The zero-order valence-corrected chi connectivity index (χ0v) is 22.4. The Morgan fingerprint density at radius 1 is 1.05 bits per heavy atom. The fraction of sp³-hybridized carbons (Fsp3) is 0.444. The van der Waals surface area contributed by atoms with Crippen LogP contribution in [0.5, 0.6) is 5.75 Å². The molecule has 0 aliphatic carbocycles. The van der Waals surface area contributed by atoms with Gasteiger partial charge in [-0.25, -0.2) is 9.59 Å². The number of amides is 2. The molecule has 1 aliphatic rings. The highest BCUT2D eigenvalue weighted by molar-refractivity contribution is 5.99. The molecule has 1 unspecified atom stereocenters. The molecule has 2 N–H and O–H groups in total. The lowest BCUT2D eigenvalue weighted by atomic mass is 10.1. The Hall–Kier alpha value is -4.15. The minimum atomic E-state index is -0.845. The van der Waals surface area contributed by atoms with Crippen molar-refractivity contribution in [2.75, 3.05) is 6.54 Å². The van der Waals surface area contributed by atoms with E-state index in [4.69, 9.17) is 14.0 Å². The number of aromatic hydroxyl groups is 1. The zero-order valence-electron chi connectivity index (χ0n) is 22.4. The van der Waals surface area contributed by atoms with Gasteiger partial charge in [0.1, 0.15) is 23.0 Å². The zero-order chi connectivity index (χ0) is 27.7. The van der Waals surface area contributed by atoms with Crippen LogP contribution in [0.25, 0.3) is 22.2 Å². The Labute approximate surface area is 220 Å². The van der Waals surface area contributed by atoms with Crippen LogP contribution in [-0.2, 0) is 9.47 Å². The molecule has 2 heterocycles. The maximum Gasteiger partial charge on any atom is 0.437 e. The Morgan fingerprint density at radius 2 is 1.74 bits per heavy atom. The average Bonchev–Trinajstić information content (AvgIpc) is 3.45. The van der Waals surface area contributed by atoms with Gasteiger partial charge in [0, 0.05) is 12.1 Å². The number of hydrogen-bond acceptors (Lipinski definition) is 8. The highest BCUT2D eigenvalue weighted by Crippen LogP contribution is 2.33. The molecule has 1 fully saturated rings. The number of aliphatic imine (C=N–C) groups is 1. The second-order valence-corrected chi connectivity index (χ2v) is 11.1. The van der Waals surface area contributed by atoms with Crippen LogP contribution < -0.4 is 5.32 Å². The molecule has 0 radical (unpaired) electrons. The minimum Gasteiger partial charge on any atom is -0.508 e. The van der Waals surface area contributed by atoms with E-state index in [0.717, 1.165) is 22.8 Å². The summed E-state index contributed by atoms with van der Waals surface area (Å²) < 4.78 is 16.4. The van der Waals surface area contributed by atoms with Gasteiger partial charge >= 0.3 is 12.2 Å². The standard InChI is InChI=1S/C27H33N5O6/c1-26(2,3)36-24(34)29-23(30-25(35)37-27(4,5)6)32-13-7-8-20(32)22-28-21(31-38-22)18-10-9-17-15-19(33)12-11-16(17)14-18/h9-12,14-15,20,33H,7-8,13H2,1-6H3,(H,29,30,34,35). The van der Waals surface area contributed by atoms with Gasteiger partial charge in [0.25, 0.3) is 0 Å². The van der Waals surface area contributed by atoms with Crippen molar-refractivity contribution in [2.24, 2.45) is 4.99 Å². The Kier molecular flexibility index (Phi) is 7.30. The average molecular weight is 524 g/mol. The van der Waals surface area contributed by atoms with Crippen LogP contribution in [0.3, 0.4) is 0 Å². The van der Waals surface area contributed by atoms with E-state index >= 15 is 0 Å². The van der Waals surface area contributed by atoms with Gasteiger partial charge in [0.15, 0.2) is 0 Å². The fourth-order valence-electron chi connectivity index (χ4n) is 4.07. The second kappa shape index (κ2) is 10.3. The van der Waals surface area contributed by atoms with Crippen molar-refractivity contribution in [2.45, 2.75) is 71.6 Å². The number of ether oxygens (including phenoxy) is 2. The summed E-state index contributed by atoms with van der Waals surface area (Å²) in [5.41, 5.74) is -0.759. The number of hydrogen-bond donors (Lipinski definition) is 2. The van der Waals surface area contributed by atoms with Crippen LogP contribution in [-0.4, -0.2) is 56.0 Å². The van der Waals surface area contributed by atoms with Crippen molar-refractivity contribution >= 4 is 28.9 Å². The van der Waals surface area contributed by atoms with Gasteiger partial charge in [0.2, 0.25) is 17.7 Å². The number of rotatable bonds is 2. The van der Waals surface area contributed by atoms with Gasteiger partial charge in [-0.05, 0) is 83.4 Å². The number of nitrogens with one attached hydrogen (secondary N) is 1. The molecule has 2 aromatic carbocycles. The van der Waals surface area contributed by atoms with Crippen LogP contribution in [0.2, 0.25) is 0 Å². The smallest absolute Gasteiger partial charge is 0.437 e. The number of phenols is 1. The van der Waals surface area contributed by atoms with Crippen molar-refractivity contribution < 1.29 is 28.7 Å². The van der Waals surface area contributed by atoms with Crippen molar-refractivity contribution in [1.82, 2.24) is 20.4 Å². The number of phenolic OH excluding ortho intramolecular Hbond substituents is 1. The number of carbonyl (C=O) groups is 2. The third kappa shape index (κ3) is 6.78. The molecule has 0 spiro atoms. The number of nitrogens with zero attached hydrogens (tertiary/aromatic N) is 4. The van der Waals surface area contributed by atoms with Crippen LogP contribution in [0, 0.1) is 0 Å². The first-order valence-corrected chi connectivity index (χ1v) is 12.4. The molecule has 202 valence electrons. The van der Waals surface area contributed by atoms with E-state index in [1.807, 2.05) is 24.3 Å². The maximum atomic E-state index is 12.6. The van der Waals surface area contributed by atoms with E-state index in [-0.39, 0.29) is 11.7 Å². The number of aromatic nitrogens is 2. The van der Waals surface area contributed by atoms with Crippen molar-refractivity contribution in [3.63, 3.8) is 0 Å². The molecule has 38 heavy (non-hydrogen) atoms. The summed E-state index contributed by atoms with van der Waals surface area (Å²) >= 11 is 0. The molecule has 11 heteroatoms. The van der Waals surface area contributed by atoms with E-state index in [1.165, 1.54) is 0 Å². The lowest BCUT2D eigenvalue weighted by Crippen LogP contribution is -2.46. The van der Waals surface area contributed by atoms with Crippen LogP contribution >= 0.6 is 0 Å². The summed E-state index contributed by atoms with van der Waals surface area (Å²) in [6.07, 6.45) is -0.214. The highest BCUT2D eigenvalue weighted by atomic mass is 16.6. The van der Waals surface area contributed by atoms with Crippen molar-refractivity contribution in [1.29, 1.82) is 0 Å². The van der Waals surface area contributed by atoms with E-state index in [0.29, 0.717) is 24.7 Å². The first-order chi connectivity index (χ1) is 17.8. The van der Waals surface area contributed by atoms with Crippen molar-refractivity contribution in [3.05, 3.63) is 42.3 Å². The largest absolute Gasteiger partial charge is 0.508 e. The molecule has 1 aliphatic heterocycles. The number of fused-ring (bicyclic) bond motifs is 1. The Bertz CT molecular complexity index is 1370. The topological polar surface area (TPSA) is 139 Å². The summed E-state index contributed by atoms with van der Waals surface area (Å²) in [6.45, 7) is 10.9. The van der Waals surface area contributed by atoms with Crippen LogP contribution in [0.4, 0.5) is 9.59 Å². The van der Waals surface area contributed by atoms with E-state index in [9.17, 15) is 14.7 Å². The van der Waals surface area contributed by atoms with Crippen LogP contribution in [0.1, 0.15) is 66.3 Å². The SMILES string of the molecule is CC(C)(C)OC(=O)N=C(NC(=O)OC(C)(C)C)N1CCCC1c1nc(-c2ccc3cc(O)ccc3c2)no1. The molecule has 3 aromatic rings. The third-order valence-corrected chi connectivity index (χ3v) is 5.54. The lowest BCUT2D eigenvalue weighted by Gasteiger charge is -2.27. The van der Waals surface area contributed by atoms with Gasteiger partial charge in [0.05, 0.1) is 0 Å². The van der Waals surface area contributed by atoms with E-state index < -0.39 is 29.4 Å². The second-order valence-electron chi connectivity index (χ2n) is 11.1. The maximum absolute atomic E-state index is 12.6. The Balaban J connectivity index is 1.61. The molecular weight excluding hydrogens is 490 g/mol. The molecule has 11 nitrogen and oxygen atoms in total. The summed E-state index contributed by atoms with van der Waals surface area (Å²) in [7, 11) is 0. The molecule has 1 saturated heterocycles. The predicted molar refractivity (Wildman–Crippen MR) is 141 cm³/mol. The van der Waals surface area contributed by atoms with Crippen molar-refractivity contribution in [3.8, 4) is 17.1 Å². The third-order valence-electron chi connectivity index (χ3n) is 5.54. The molecular formula is C27H33N5O6. The van der Waals surface area contributed by atoms with E-state index in [2.05, 4.69) is 20.4 Å². The molecule has 0 bridgehead atoms. The van der Waals surface area contributed by atoms with Crippen LogP contribution in [0.15, 0.2) is 45.9 Å². The number of benzene rings is 2. The number of likely N-dealkylation sites (tertiary alicyclic amines) is 1. The monoisotopic (exact) mass is 523 g/mol. The van der Waals surface area contributed by atoms with Gasteiger partial charge in [-0.2, -0.15) is 4.98 Å². The molecule has 0 saturated carbocycles. The minimum absolute atomic E-state index is 0.0127. The van der Waals surface area contributed by atoms with Gasteiger partial charge < -0.3 is 24.0 Å². The molecule has 4 rings (SSSR count). The molecule has 2 amide bonds. The van der Waals surface area contributed by atoms with Gasteiger partial charge in [-0.15, -0.1) is 4.99 Å². The van der Waals surface area contributed by atoms with E-state index in [1.54, 1.807) is 58.6 Å². The summed E-state index contributed by atoms with van der Waals surface area (Å²) in [5.74, 6) is 0.900. The highest BCUT2D eigenvalue weighted by Gasteiger charge is 2.35. The summed E-state index contributed by atoms with van der Waals surface area (Å²) in [5, 5.41) is 18.3. The fourth-order valence-corrected chi connectivity index (χ4v) is 4.07. The number of guanidine groups is 1.